The van der Waals surface area contributed by atoms with Gasteiger partial charge >= 0.3 is 5.97 Å². The third kappa shape index (κ3) is 7.00. The van der Waals surface area contributed by atoms with E-state index in [9.17, 15) is 19.7 Å². The van der Waals surface area contributed by atoms with Gasteiger partial charge in [-0.3, -0.25) is 19.5 Å². The first-order chi connectivity index (χ1) is 22.7. The van der Waals surface area contributed by atoms with Crippen molar-refractivity contribution in [3.63, 3.8) is 0 Å². The van der Waals surface area contributed by atoms with Crippen LogP contribution in [0.4, 0.5) is 5.69 Å². The zero-order valence-corrected chi connectivity index (χ0v) is 27.4. The van der Waals surface area contributed by atoms with E-state index in [1.54, 1.807) is 48.5 Å². The smallest absolute Gasteiger partial charge is 0.337 e. The van der Waals surface area contributed by atoms with Crippen molar-refractivity contribution in [2.24, 2.45) is 4.99 Å². The van der Waals surface area contributed by atoms with E-state index >= 15 is 0 Å². The Bertz CT molecular complexity index is 2040. The van der Waals surface area contributed by atoms with Gasteiger partial charge in [-0.25, -0.2) is 9.79 Å². The summed E-state index contributed by atoms with van der Waals surface area (Å²) in [5.74, 6) is 0.991. The minimum Gasteiger partial charge on any atom is -0.493 e. The van der Waals surface area contributed by atoms with Gasteiger partial charge in [0.05, 0.1) is 53.5 Å². The molecule has 0 fully saturated rings. The number of esters is 1. The molecule has 1 aromatic heterocycles. The van der Waals surface area contributed by atoms with Crippen LogP contribution in [-0.2, 0) is 16.1 Å². The normalized spacial score (nSPS) is 14.0. The molecule has 12 nitrogen and oxygen atoms in total. The van der Waals surface area contributed by atoms with Gasteiger partial charge in [0.15, 0.2) is 27.8 Å². The fraction of sp³-hybridized carbons (Fsp3) is 0.242. The van der Waals surface area contributed by atoms with Crippen molar-refractivity contribution < 1.29 is 33.4 Å². The van der Waals surface area contributed by atoms with Crippen molar-refractivity contribution in [2.75, 3.05) is 27.4 Å². The first kappa shape index (κ1) is 33.2. The molecule has 0 unspecified atom stereocenters. The second-order valence-corrected chi connectivity index (χ2v) is 11.4. The number of carbonyl (C=O) groups excluding carboxylic acids is 1. The molecule has 47 heavy (non-hydrogen) atoms. The standard InChI is InChI=1S/C33H30ClN3O9S/c1-5-44-25-12-9-21(16-26(25)45-6-2)29-23(32(39)43-4)17-35-33-36(29)31(38)28(47-33)15-20-13-24(34)30(27(14-20)42-3)46-18-19-7-10-22(11-8-19)37(40)41/h7-17,29H,5-6,18H2,1-4H3/b28-15-/t29-/m0/s1. The van der Waals surface area contributed by atoms with Crippen molar-refractivity contribution in [1.82, 2.24) is 4.57 Å². The van der Waals surface area contributed by atoms with Gasteiger partial charge in [-0.05, 0) is 73.0 Å². The molecule has 5 rings (SSSR count). The number of aromatic nitrogens is 1. The van der Waals surface area contributed by atoms with E-state index in [1.807, 2.05) is 13.8 Å². The highest BCUT2D eigenvalue weighted by Gasteiger charge is 2.31. The van der Waals surface area contributed by atoms with Gasteiger partial charge in [0.25, 0.3) is 11.2 Å². The first-order valence-corrected chi connectivity index (χ1v) is 15.6. The monoisotopic (exact) mass is 679 g/mol. The molecule has 0 bridgehead atoms. The second kappa shape index (κ2) is 14.5. The fourth-order valence-electron chi connectivity index (χ4n) is 4.97. The van der Waals surface area contributed by atoms with Crippen LogP contribution in [0.2, 0.25) is 5.02 Å². The summed E-state index contributed by atoms with van der Waals surface area (Å²) in [6.07, 6.45) is 3.07. The molecule has 0 aliphatic carbocycles. The van der Waals surface area contributed by atoms with E-state index in [0.29, 0.717) is 56.5 Å². The Hall–Kier alpha value is -5.14. The highest BCUT2D eigenvalue weighted by atomic mass is 35.5. The minimum absolute atomic E-state index is 0.0263. The Labute approximate surface area is 277 Å². The van der Waals surface area contributed by atoms with Crippen LogP contribution in [-0.4, -0.2) is 42.9 Å². The average Bonchev–Trinajstić information content (AvgIpc) is 3.38. The Morgan fingerprint density at radius 2 is 1.74 bits per heavy atom. The van der Waals surface area contributed by atoms with Gasteiger partial charge in [0.2, 0.25) is 0 Å². The molecule has 3 aromatic carbocycles. The van der Waals surface area contributed by atoms with Crippen LogP contribution < -0.4 is 33.8 Å². The van der Waals surface area contributed by atoms with Gasteiger partial charge in [-0.15, -0.1) is 0 Å². The molecule has 14 heteroatoms. The molecular weight excluding hydrogens is 650 g/mol. The van der Waals surface area contributed by atoms with Crippen LogP contribution in [0.3, 0.4) is 0 Å². The lowest BCUT2D eigenvalue weighted by molar-refractivity contribution is -0.384. The van der Waals surface area contributed by atoms with E-state index in [2.05, 4.69) is 4.99 Å². The van der Waals surface area contributed by atoms with Crippen LogP contribution >= 0.6 is 22.9 Å². The van der Waals surface area contributed by atoms with Gasteiger partial charge in [-0.1, -0.05) is 29.0 Å². The van der Waals surface area contributed by atoms with Crippen LogP contribution in [0.1, 0.15) is 36.6 Å². The van der Waals surface area contributed by atoms with E-state index in [4.69, 9.17) is 35.3 Å². The molecular formula is C33H30ClN3O9S. The summed E-state index contributed by atoms with van der Waals surface area (Å²) in [7, 11) is 2.73. The lowest BCUT2D eigenvalue weighted by Crippen LogP contribution is -2.39. The zero-order valence-electron chi connectivity index (χ0n) is 25.9. The Balaban J connectivity index is 1.53. The minimum atomic E-state index is -0.843. The number of nitrogens with zero attached hydrogens (tertiary/aromatic N) is 3. The van der Waals surface area contributed by atoms with Crippen LogP contribution in [0.5, 0.6) is 23.0 Å². The second-order valence-electron chi connectivity index (χ2n) is 9.99. The van der Waals surface area contributed by atoms with Crippen LogP contribution in [0, 0.1) is 10.1 Å². The highest BCUT2D eigenvalue weighted by Crippen LogP contribution is 2.38. The number of halogens is 1. The molecule has 0 amide bonds. The highest BCUT2D eigenvalue weighted by molar-refractivity contribution is 7.07. The molecule has 1 aliphatic rings. The molecule has 0 saturated carbocycles. The number of hydrogen-bond acceptors (Lipinski definition) is 11. The first-order valence-electron chi connectivity index (χ1n) is 14.4. The Kier molecular flexibility index (Phi) is 10.3. The molecule has 0 spiro atoms. The number of nitro benzene ring substituents is 1. The molecule has 0 saturated heterocycles. The molecule has 0 radical (unpaired) electrons. The summed E-state index contributed by atoms with van der Waals surface area (Å²) < 4.78 is 29.8. The van der Waals surface area contributed by atoms with Gasteiger partial charge in [0.1, 0.15) is 6.61 Å². The SMILES string of the molecule is CCOc1ccc([C@H]2C(C(=O)OC)=CN=c3s/c(=C\c4cc(Cl)c(OCc5ccc([N+](=O)[O-])cc5)c(OC)c4)c(=O)n32)cc1OCC. The number of nitro groups is 1. The number of carbonyl (C=O) groups is 1. The lowest BCUT2D eigenvalue weighted by atomic mass is 9.97. The van der Waals surface area contributed by atoms with E-state index < -0.39 is 16.9 Å². The molecule has 1 atom stereocenters. The summed E-state index contributed by atoms with van der Waals surface area (Å²) in [5.41, 5.74) is 1.63. The fourth-order valence-corrected chi connectivity index (χ4v) is 6.21. The predicted molar refractivity (Wildman–Crippen MR) is 175 cm³/mol. The summed E-state index contributed by atoms with van der Waals surface area (Å²) in [4.78, 5) is 42.1. The molecule has 244 valence electrons. The van der Waals surface area contributed by atoms with Crippen molar-refractivity contribution in [1.29, 1.82) is 0 Å². The molecule has 1 aliphatic heterocycles. The van der Waals surface area contributed by atoms with Crippen LogP contribution in [0.15, 0.2) is 76.2 Å². The topological polar surface area (TPSA) is 141 Å². The van der Waals surface area contributed by atoms with Crippen LogP contribution in [0.25, 0.3) is 6.08 Å². The van der Waals surface area contributed by atoms with Crippen molar-refractivity contribution in [3.05, 3.63) is 118 Å². The molecule has 4 aromatic rings. The van der Waals surface area contributed by atoms with E-state index in [1.165, 1.54) is 37.1 Å². The van der Waals surface area contributed by atoms with Gasteiger partial charge < -0.3 is 23.7 Å². The average molecular weight is 680 g/mol. The quantitative estimate of drug-likeness (QED) is 0.115. The number of hydrogen-bond donors (Lipinski definition) is 0. The zero-order chi connectivity index (χ0) is 33.7. The maximum absolute atomic E-state index is 14.0. The summed E-state index contributed by atoms with van der Waals surface area (Å²) >= 11 is 7.76. The number of methoxy groups -OCH3 is 2. The lowest BCUT2D eigenvalue weighted by Gasteiger charge is -2.23. The van der Waals surface area contributed by atoms with Crippen molar-refractivity contribution >= 4 is 40.7 Å². The summed E-state index contributed by atoms with van der Waals surface area (Å²) in [6, 6.07) is 13.7. The van der Waals surface area contributed by atoms with Gasteiger partial charge in [-0.2, -0.15) is 0 Å². The maximum Gasteiger partial charge on any atom is 0.337 e. The predicted octanol–water partition coefficient (Wildman–Crippen LogP) is 4.96. The molecule has 2 heterocycles. The number of ether oxygens (including phenoxy) is 5. The van der Waals surface area contributed by atoms with E-state index in [0.717, 1.165) is 11.3 Å². The molecule has 0 N–H and O–H groups in total. The Morgan fingerprint density at radius 1 is 1.02 bits per heavy atom. The third-order valence-electron chi connectivity index (χ3n) is 7.09. The number of benzene rings is 3. The largest absolute Gasteiger partial charge is 0.493 e. The third-order valence-corrected chi connectivity index (χ3v) is 8.37. The number of non-ortho nitro benzene ring substituents is 1. The number of fused-ring (bicyclic) bond motifs is 1. The number of thiazole rings is 1. The number of rotatable bonds is 12. The summed E-state index contributed by atoms with van der Waals surface area (Å²) in [5, 5.41) is 11.2. The van der Waals surface area contributed by atoms with Crippen molar-refractivity contribution in [3.8, 4) is 23.0 Å². The van der Waals surface area contributed by atoms with Crippen molar-refractivity contribution in [2.45, 2.75) is 26.5 Å². The summed E-state index contributed by atoms with van der Waals surface area (Å²) in [6.45, 7) is 4.63. The maximum atomic E-state index is 14.0. The van der Waals surface area contributed by atoms with E-state index in [-0.39, 0.29) is 34.2 Å². The Morgan fingerprint density at radius 3 is 2.40 bits per heavy atom. The van der Waals surface area contributed by atoms with Gasteiger partial charge in [0, 0.05) is 18.3 Å².